The van der Waals surface area contributed by atoms with Gasteiger partial charge in [-0.25, -0.2) is 14.4 Å². The van der Waals surface area contributed by atoms with Crippen LogP contribution in [0, 0.1) is 0 Å². The molecule has 0 radical (unpaired) electrons. The minimum atomic E-state index is -4.55. The van der Waals surface area contributed by atoms with Crippen LogP contribution in [-0.4, -0.2) is 59.6 Å². The summed E-state index contributed by atoms with van der Waals surface area (Å²) < 4.78 is 111. The third kappa shape index (κ3) is 13.3. The molecule has 0 saturated carbocycles. The van der Waals surface area contributed by atoms with Crippen LogP contribution in [0.3, 0.4) is 0 Å². The van der Waals surface area contributed by atoms with E-state index in [1.165, 1.54) is 0 Å². The van der Waals surface area contributed by atoms with Crippen LogP contribution in [0.15, 0.2) is 55.4 Å². The lowest BCUT2D eigenvalue weighted by Gasteiger charge is -2.33. The summed E-state index contributed by atoms with van der Waals surface area (Å²) >= 11 is 0. The van der Waals surface area contributed by atoms with Gasteiger partial charge in [-0.2, -0.15) is 39.5 Å². The highest BCUT2D eigenvalue weighted by atomic mass is 19.4. The SMILES string of the molecule is CC(C)(C)N(C(=O)O)c1cncc(C(F)(F)F)c1.CC(C)(C)N(C(=O)O)c1cncc(C(F)(F)F)c1.O=C(O)Nc1cncc(C(F)(F)F)c1. The number of aromatic nitrogens is 3. The van der Waals surface area contributed by atoms with Gasteiger partial charge >= 0.3 is 36.8 Å². The highest BCUT2D eigenvalue weighted by Crippen LogP contribution is 2.34. The van der Waals surface area contributed by atoms with Crippen LogP contribution in [0.25, 0.3) is 0 Å². The number of anilines is 3. The molecule has 3 rings (SSSR count). The second kappa shape index (κ2) is 15.9. The Labute approximate surface area is 278 Å². The van der Waals surface area contributed by atoms with Gasteiger partial charge in [-0.3, -0.25) is 30.1 Å². The van der Waals surface area contributed by atoms with Gasteiger partial charge in [0.05, 0.1) is 52.3 Å². The Morgan fingerprint density at radius 3 is 1.10 bits per heavy atom. The summed E-state index contributed by atoms with van der Waals surface area (Å²) in [6.07, 6.45) is -12.6. The molecule has 0 aliphatic heterocycles. The standard InChI is InChI=1S/2C11H13F3N2O2.C7H5F3N2O2/c2*1-10(2,3)16(9(17)18)8-4-7(5-15-6-8)11(12,13)14;8-7(9,10)4-1-5(3-11-2-4)12-6(13)14/h2*4-6H,1-3H3,(H,17,18);1-3,12H,(H,13,14). The Balaban J connectivity index is 0.000000378. The number of nitrogens with one attached hydrogen (secondary N) is 1. The monoisotopic (exact) mass is 730 g/mol. The molecule has 0 spiro atoms. The summed E-state index contributed by atoms with van der Waals surface area (Å²) in [6, 6.07) is 2.21. The summed E-state index contributed by atoms with van der Waals surface area (Å²) in [6.45, 7) is 9.51. The van der Waals surface area contributed by atoms with E-state index in [1.807, 2.05) is 0 Å². The molecule has 0 aromatic carbocycles. The topological polar surface area (TPSA) is 169 Å². The molecule has 0 aliphatic carbocycles. The minimum absolute atomic E-state index is 0.107. The molecule has 0 unspecified atom stereocenters. The smallest absolute Gasteiger partial charge is 0.417 e. The first-order valence-electron chi connectivity index (χ1n) is 13.6. The zero-order valence-corrected chi connectivity index (χ0v) is 26.9. The molecule has 3 aromatic rings. The number of carboxylic acid groups (broad SMARTS) is 3. The summed E-state index contributed by atoms with van der Waals surface area (Å²) in [7, 11) is 0. The van der Waals surface area contributed by atoms with Crippen LogP contribution >= 0.6 is 0 Å². The molecular weight excluding hydrogens is 699 g/mol. The normalized spacial score (nSPS) is 12.0. The molecule has 0 fully saturated rings. The number of halogens is 9. The largest absolute Gasteiger partial charge is 0.465 e. The first kappa shape index (κ1) is 42.7. The lowest BCUT2D eigenvalue weighted by Crippen LogP contribution is -2.45. The van der Waals surface area contributed by atoms with Crippen molar-refractivity contribution in [3.05, 3.63) is 72.1 Å². The van der Waals surface area contributed by atoms with Crippen LogP contribution in [-0.2, 0) is 18.5 Å². The third-order valence-electron chi connectivity index (χ3n) is 5.66. The Kier molecular flexibility index (Phi) is 13.6. The van der Waals surface area contributed by atoms with Gasteiger partial charge in [0.1, 0.15) is 0 Å². The van der Waals surface area contributed by atoms with Gasteiger partial charge in [0.15, 0.2) is 0 Å². The van der Waals surface area contributed by atoms with E-state index < -0.39 is 64.6 Å². The van der Waals surface area contributed by atoms with E-state index in [1.54, 1.807) is 46.9 Å². The molecule has 3 amide bonds. The van der Waals surface area contributed by atoms with E-state index in [0.29, 0.717) is 24.7 Å². The molecule has 276 valence electrons. The van der Waals surface area contributed by atoms with Crippen molar-refractivity contribution in [1.82, 2.24) is 15.0 Å². The van der Waals surface area contributed by atoms with Gasteiger partial charge in [-0.15, -0.1) is 0 Å². The van der Waals surface area contributed by atoms with Crippen LogP contribution in [0.1, 0.15) is 58.2 Å². The number of rotatable bonds is 3. The number of carbonyl (C=O) groups is 3. The van der Waals surface area contributed by atoms with E-state index >= 15 is 0 Å². The van der Waals surface area contributed by atoms with E-state index in [-0.39, 0.29) is 17.1 Å². The van der Waals surface area contributed by atoms with Gasteiger partial charge < -0.3 is 15.3 Å². The van der Waals surface area contributed by atoms with E-state index in [9.17, 15) is 53.9 Å². The summed E-state index contributed by atoms with van der Waals surface area (Å²) in [5.74, 6) is 0. The maximum atomic E-state index is 12.5. The van der Waals surface area contributed by atoms with Crippen LogP contribution < -0.4 is 15.1 Å². The fraction of sp³-hybridized carbons (Fsp3) is 0.379. The van der Waals surface area contributed by atoms with Crippen molar-refractivity contribution < 1.29 is 69.2 Å². The van der Waals surface area contributed by atoms with Crippen molar-refractivity contribution in [3.8, 4) is 0 Å². The lowest BCUT2D eigenvalue weighted by molar-refractivity contribution is -0.138. The van der Waals surface area contributed by atoms with Gasteiger partial charge in [0.2, 0.25) is 0 Å². The highest BCUT2D eigenvalue weighted by Gasteiger charge is 2.36. The summed E-state index contributed by atoms with van der Waals surface area (Å²) in [4.78, 5) is 44.2. The van der Waals surface area contributed by atoms with Crippen molar-refractivity contribution >= 4 is 35.3 Å². The first-order chi connectivity index (χ1) is 22.5. The molecule has 50 heavy (non-hydrogen) atoms. The van der Waals surface area contributed by atoms with Crippen molar-refractivity contribution in [3.63, 3.8) is 0 Å². The maximum Gasteiger partial charge on any atom is 0.417 e. The van der Waals surface area contributed by atoms with Crippen LogP contribution in [0.4, 0.5) is 71.0 Å². The fourth-order valence-electron chi connectivity index (χ4n) is 3.77. The number of alkyl halides is 9. The van der Waals surface area contributed by atoms with Crippen molar-refractivity contribution in [1.29, 1.82) is 0 Å². The minimum Gasteiger partial charge on any atom is -0.465 e. The number of hydrogen-bond acceptors (Lipinski definition) is 6. The molecule has 3 aromatic heterocycles. The van der Waals surface area contributed by atoms with E-state index in [0.717, 1.165) is 40.5 Å². The molecule has 0 saturated heterocycles. The Morgan fingerprint density at radius 1 is 0.540 bits per heavy atom. The number of pyridine rings is 3. The van der Waals surface area contributed by atoms with Gasteiger partial charge in [-0.1, -0.05) is 0 Å². The zero-order chi connectivity index (χ0) is 39.0. The van der Waals surface area contributed by atoms with E-state index in [2.05, 4.69) is 15.0 Å². The number of hydrogen-bond donors (Lipinski definition) is 4. The predicted octanol–water partition coefficient (Wildman–Crippen LogP) is 8.96. The van der Waals surface area contributed by atoms with Crippen LogP contribution in [0.2, 0.25) is 0 Å². The van der Waals surface area contributed by atoms with Gasteiger partial charge in [0, 0.05) is 29.7 Å². The highest BCUT2D eigenvalue weighted by molar-refractivity contribution is 5.88. The van der Waals surface area contributed by atoms with Gasteiger partial charge in [0.25, 0.3) is 0 Å². The van der Waals surface area contributed by atoms with Crippen molar-refractivity contribution in [2.45, 2.75) is 71.1 Å². The Bertz CT molecular complexity index is 1550. The molecule has 0 aliphatic rings. The summed E-state index contributed by atoms with van der Waals surface area (Å²) in [5.41, 5.74) is -5.10. The molecule has 0 bridgehead atoms. The number of nitrogens with zero attached hydrogens (tertiary/aromatic N) is 5. The summed E-state index contributed by atoms with van der Waals surface area (Å²) in [5, 5.41) is 28.2. The fourth-order valence-corrected chi connectivity index (χ4v) is 3.77. The predicted molar refractivity (Wildman–Crippen MR) is 160 cm³/mol. The number of amides is 3. The Morgan fingerprint density at radius 2 is 0.840 bits per heavy atom. The van der Waals surface area contributed by atoms with Gasteiger partial charge in [-0.05, 0) is 59.7 Å². The molecule has 3 heterocycles. The average Bonchev–Trinajstić information content (AvgIpc) is 2.90. The second-order valence-electron chi connectivity index (χ2n) is 11.8. The Hall–Kier alpha value is -5.37. The van der Waals surface area contributed by atoms with Crippen molar-refractivity contribution in [2.75, 3.05) is 15.1 Å². The van der Waals surface area contributed by atoms with Crippen LogP contribution in [0.5, 0.6) is 0 Å². The molecule has 12 nitrogen and oxygen atoms in total. The third-order valence-corrected chi connectivity index (χ3v) is 5.66. The molecule has 21 heteroatoms. The lowest BCUT2D eigenvalue weighted by atomic mass is 10.1. The van der Waals surface area contributed by atoms with E-state index in [4.69, 9.17) is 15.3 Å². The first-order valence-corrected chi connectivity index (χ1v) is 13.6. The second-order valence-corrected chi connectivity index (χ2v) is 11.8. The molecule has 0 atom stereocenters. The quantitative estimate of drug-likeness (QED) is 0.192. The van der Waals surface area contributed by atoms with Crippen molar-refractivity contribution in [2.24, 2.45) is 0 Å². The average molecular weight is 731 g/mol. The zero-order valence-electron chi connectivity index (χ0n) is 26.9. The molecular formula is C29H31F9N6O6. The molecule has 4 N–H and O–H groups in total. The maximum absolute atomic E-state index is 12.5.